The maximum Gasteiger partial charge on any atom is 0.0252 e. The number of hydrogen-bond donors (Lipinski definition) is 1. The van der Waals surface area contributed by atoms with Gasteiger partial charge in [-0.05, 0) is 63.1 Å². The Labute approximate surface area is 110 Å². The van der Waals surface area contributed by atoms with E-state index in [4.69, 9.17) is 0 Å². The summed E-state index contributed by atoms with van der Waals surface area (Å²) in [5, 5.41) is 3.75. The van der Waals surface area contributed by atoms with E-state index in [2.05, 4.69) is 22.0 Å². The van der Waals surface area contributed by atoms with Gasteiger partial charge in [0, 0.05) is 18.1 Å². The lowest BCUT2D eigenvalue weighted by atomic mass is 9.91. The van der Waals surface area contributed by atoms with Crippen LogP contribution in [0.4, 0.5) is 0 Å². The minimum Gasteiger partial charge on any atom is -0.312 e. The van der Waals surface area contributed by atoms with Crippen molar-refractivity contribution in [3.63, 3.8) is 0 Å². The summed E-state index contributed by atoms with van der Waals surface area (Å²) in [5.41, 5.74) is 0. The molecule has 0 saturated carbocycles. The molecule has 3 heteroatoms. The first-order valence-corrected chi connectivity index (χ1v) is 8.67. The molecule has 0 bridgehead atoms. The first-order chi connectivity index (χ1) is 8.45. The lowest BCUT2D eigenvalue weighted by Crippen LogP contribution is -2.54. The zero-order valence-corrected chi connectivity index (χ0v) is 11.7. The van der Waals surface area contributed by atoms with Crippen LogP contribution in [-0.2, 0) is 0 Å². The molecule has 0 amide bonds. The summed E-state index contributed by atoms with van der Waals surface area (Å²) in [6.07, 6.45) is 10.0. The average Bonchev–Trinajstić information content (AvgIpc) is 2.94. The zero-order chi connectivity index (χ0) is 11.5. The van der Waals surface area contributed by atoms with Crippen LogP contribution in [0.3, 0.4) is 0 Å². The van der Waals surface area contributed by atoms with Gasteiger partial charge < -0.3 is 5.32 Å². The number of piperidine rings is 1. The molecule has 0 aromatic carbocycles. The molecule has 98 valence electrons. The highest BCUT2D eigenvalue weighted by molar-refractivity contribution is 7.99. The summed E-state index contributed by atoms with van der Waals surface area (Å²) in [5.74, 6) is 2.79. The van der Waals surface area contributed by atoms with E-state index in [0.717, 1.165) is 18.1 Å². The van der Waals surface area contributed by atoms with Gasteiger partial charge in [0.05, 0.1) is 0 Å². The van der Waals surface area contributed by atoms with Gasteiger partial charge >= 0.3 is 0 Å². The van der Waals surface area contributed by atoms with Crippen molar-refractivity contribution in [1.29, 1.82) is 0 Å². The van der Waals surface area contributed by atoms with Crippen LogP contribution in [0.15, 0.2) is 0 Å². The van der Waals surface area contributed by atoms with Crippen LogP contribution >= 0.6 is 11.8 Å². The van der Waals surface area contributed by atoms with E-state index in [1.165, 1.54) is 69.5 Å². The Balaban J connectivity index is 1.65. The molecule has 0 spiro atoms. The number of nitrogens with zero attached hydrogens (tertiary/aromatic N) is 1. The number of thioether (sulfide) groups is 1. The monoisotopic (exact) mass is 254 g/mol. The highest BCUT2D eigenvalue weighted by atomic mass is 32.2. The predicted molar refractivity (Wildman–Crippen MR) is 75.7 cm³/mol. The summed E-state index contributed by atoms with van der Waals surface area (Å²) in [7, 11) is 0. The average molecular weight is 254 g/mol. The molecule has 3 rings (SSSR count). The van der Waals surface area contributed by atoms with Crippen LogP contribution in [0.5, 0.6) is 0 Å². The Morgan fingerprint density at radius 3 is 2.59 bits per heavy atom. The van der Waals surface area contributed by atoms with Gasteiger partial charge in [-0.2, -0.15) is 11.8 Å². The topological polar surface area (TPSA) is 15.3 Å². The molecule has 0 aromatic heterocycles. The third-order valence-corrected chi connectivity index (χ3v) is 5.86. The Hall–Kier alpha value is 0.270. The maximum absolute atomic E-state index is 3.75. The van der Waals surface area contributed by atoms with E-state index in [9.17, 15) is 0 Å². The van der Waals surface area contributed by atoms with Gasteiger partial charge in [-0.25, -0.2) is 0 Å². The van der Waals surface area contributed by atoms with Gasteiger partial charge in [0.2, 0.25) is 0 Å². The minimum absolute atomic E-state index is 0.810. The van der Waals surface area contributed by atoms with Crippen molar-refractivity contribution in [2.75, 3.05) is 24.6 Å². The van der Waals surface area contributed by atoms with Crippen molar-refractivity contribution in [3.8, 4) is 0 Å². The summed E-state index contributed by atoms with van der Waals surface area (Å²) in [6.45, 7) is 2.63. The second-order valence-corrected chi connectivity index (χ2v) is 7.07. The lowest BCUT2D eigenvalue weighted by Gasteiger charge is -2.45. The van der Waals surface area contributed by atoms with Crippen molar-refractivity contribution < 1.29 is 0 Å². The van der Waals surface area contributed by atoms with E-state index >= 15 is 0 Å². The first-order valence-electron chi connectivity index (χ1n) is 7.52. The van der Waals surface area contributed by atoms with Crippen molar-refractivity contribution in [3.05, 3.63) is 0 Å². The summed E-state index contributed by atoms with van der Waals surface area (Å²) >= 11 is 2.15. The van der Waals surface area contributed by atoms with Gasteiger partial charge in [-0.3, -0.25) is 4.90 Å². The summed E-state index contributed by atoms with van der Waals surface area (Å²) < 4.78 is 0. The fourth-order valence-electron chi connectivity index (χ4n) is 3.92. The van der Waals surface area contributed by atoms with Crippen molar-refractivity contribution in [2.24, 2.45) is 0 Å². The highest BCUT2D eigenvalue weighted by Crippen LogP contribution is 2.30. The van der Waals surface area contributed by atoms with E-state index in [1.54, 1.807) is 0 Å². The van der Waals surface area contributed by atoms with Crippen molar-refractivity contribution in [1.82, 2.24) is 10.2 Å². The van der Waals surface area contributed by atoms with Gasteiger partial charge in [-0.1, -0.05) is 6.42 Å². The van der Waals surface area contributed by atoms with Crippen LogP contribution < -0.4 is 5.32 Å². The molecule has 0 aromatic rings. The molecule has 2 atom stereocenters. The molecule has 2 nitrogen and oxygen atoms in total. The third kappa shape index (κ3) is 2.82. The van der Waals surface area contributed by atoms with E-state index in [1.807, 2.05) is 0 Å². The fraction of sp³-hybridized carbons (Fsp3) is 1.00. The Morgan fingerprint density at radius 2 is 1.82 bits per heavy atom. The van der Waals surface area contributed by atoms with E-state index in [0.29, 0.717) is 0 Å². The molecule has 0 radical (unpaired) electrons. The Bertz CT molecular complexity index is 234. The molecular weight excluding hydrogens is 228 g/mol. The lowest BCUT2D eigenvalue weighted by molar-refractivity contribution is 0.0686. The summed E-state index contributed by atoms with van der Waals surface area (Å²) in [6, 6.07) is 2.58. The predicted octanol–water partition coefficient (Wildman–Crippen LogP) is 2.49. The maximum atomic E-state index is 3.75. The van der Waals surface area contributed by atoms with E-state index in [-0.39, 0.29) is 0 Å². The van der Waals surface area contributed by atoms with Crippen LogP contribution in [0, 0.1) is 0 Å². The number of rotatable bonds is 2. The number of nitrogens with one attached hydrogen (secondary N) is 1. The van der Waals surface area contributed by atoms with Gasteiger partial charge in [0.25, 0.3) is 0 Å². The van der Waals surface area contributed by atoms with Crippen LogP contribution in [-0.4, -0.2) is 47.6 Å². The molecular formula is C14H26N2S. The van der Waals surface area contributed by atoms with E-state index < -0.39 is 0 Å². The second-order valence-electron chi connectivity index (χ2n) is 5.85. The summed E-state index contributed by atoms with van der Waals surface area (Å²) in [4.78, 5) is 2.90. The number of hydrogen-bond acceptors (Lipinski definition) is 3. The van der Waals surface area contributed by atoms with Gasteiger partial charge in [0.1, 0.15) is 0 Å². The zero-order valence-electron chi connectivity index (χ0n) is 10.9. The first kappa shape index (κ1) is 12.3. The normalized spacial score (nSPS) is 37.4. The van der Waals surface area contributed by atoms with Crippen LogP contribution in [0.25, 0.3) is 0 Å². The SMILES string of the molecule is C1CNC(C2CCCCN2C2CCSCC2)C1. The molecule has 1 N–H and O–H groups in total. The molecule has 3 saturated heterocycles. The minimum atomic E-state index is 0.810. The third-order valence-electron chi connectivity index (χ3n) is 4.81. The fourth-order valence-corrected chi connectivity index (χ4v) is 5.00. The highest BCUT2D eigenvalue weighted by Gasteiger charge is 2.35. The second kappa shape index (κ2) is 5.94. The molecule has 3 aliphatic rings. The Kier molecular flexibility index (Phi) is 4.30. The molecule has 3 aliphatic heterocycles. The molecule has 17 heavy (non-hydrogen) atoms. The van der Waals surface area contributed by atoms with Gasteiger partial charge in [0.15, 0.2) is 0 Å². The molecule has 3 fully saturated rings. The van der Waals surface area contributed by atoms with Gasteiger partial charge in [-0.15, -0.1) is 0 Å². The smallest absolute Gasteiger partial charge is 0.0252 e. The van der Waals surface area contributed by atoms with Crippen LogP contribution in [0.1, 0.15) is 44.9 Å². The molecule has 3 heterocycles. The molecule has 2 unspecified atom stereocenters. The van der Waals surface area contributed by atoms with Crippen molar-refractivity contribution in [2.45, 2.75) is 63.1 Å². The largest absolute Gasteiger partial charge is 0.312 e. The Morgan fingerprint density at radius 1 is 0.941 bits per heavy atom. The van der Waals surface area contributed by atoms with Crippen molar-refractivity contribution >= 4 is 11.8 Å². The molecule has 0 aliphatic carbocycles. The quantitative estimate of drug-likeness (QED) is 0.815. The number of likely N-dealkylation sites (tertiary alicyclic amines) is 1. The van der Waals surface area contributed by atoms with Crippen LogP contribution in [0.2, 0.25) is 0 Å². The standard InChI is InChI=1S/C14H26N2S/c1-2-9-16(12-6-10-17-11-7-12)14(5-1)13-4-3-8-15-13/h12-15H,1-11H2.